The highest BCUT2D eigenvalue weighted by molar-refractivity contribution is 14.1. The van der Waals surface area contributed by atoms with Crippen molar-refractivity contribution in [3.05, 3.63) is 51.6 Å². The minimum Gasteiger partial charge on any atom is -0.399 e. The van der Waals surface area contributed by atoms with Crippen molar-refractivity contribution >= 4 is 57.4 Å². The summed E-state index contributed by atoms with van der Waals surface area (Å²) >= 11 is 2.15. The number of benzene rings is 2. The van der Waals surface area contributed by atoms with Crippen molar-refractivity contribution in [3.63, 3.8) is 0 Å². The first-order chi connectivity index (χ1) is 11.3. The molecular formula is C17H16IN3O3. The van der Waals surface area contributed by atoms with Crippen molar-refractivity contribution in [2.24, 2.45) is 0 Å². The number of nitrogen functional groups attached to an aromatic ring is 1. The monoisotopic (exact) mass is 437 g/mol. The summed E-state index contributed by atoms with van der Waals surface area (Å²) in [6.07, 6.45) is 0. The first-order valence-electron chi connectivity index (χ1n) is 7.07. The van der Waals surface area contributed by atoms with Gasteiger partial charge < -0.3 is 11.1 Å². The largest absolute Gasteiger partial charge is 0.399 e. The van der Waals surface area contributed by atoms with Crippen LogP contribution in [-0.4, -0.2) is 17.7 Å². The van der Waals surface area contributed by atoms with E-state index in [2.05, 4.69) is 27.9 Å². The lowest BCUT2D eigenvalue weighted by Gasteiger charge is -2.19. The topological polar surface area (TPSA) is 92.5 Å². The highest BCUT2D eigenvalue weighted by Crippen LogP contribution is 2.20. The molecule has 2 rings (SSSR count). The fourth-order valence-corrected chi connectivity index (χ4v) is 2.80. The molecule has 0 unspecified atom stereocenters. The normalized spacial score (nSPS) is 10.1. The highest BCUT2D eigenvalue weighted by Gasteiger charge is 2.27. The van der Waals surface area contributed by atoms with Crippen LogP contribution in [0.2, 0.25) is 0 Å². The lowest BCUT2D eigenvalue weighted by molar-refractivity contribution is -0.136. The number of carbonyl (C=O) groups is 3. The van der Waals surface area contributed by atoms with Gasteiger partial charge >= 0.3 is 11.8 Å². The Kier molecular flexibility index (Phi) is 5.55. The zero-order chi connectivity index (χ0) is 17.9. The standard InChI is InChI=1S/C17H16IN3O3/c1-10-8-12(18)6-7-15(10)20-16(23)17(24)21(11(2)22)14-5-3-4-13(19)9-14/h3-9H,19H2,1-2H3,(H,20,23). The van der Waals surface area contributed by atoms with Gasteiger partial charge in [0.15, 0.2) is 0 Å². The number of amides is 3. The molecule has 2 aromatic carbocycles. The van der Waals surface area contributed by atoms with Crippen LogP contribution < -0.4 is 16.0 Å². The molecule has 0 spiro atoms. The van der Waals surface area contributed by atoms with Gasteiger partial charge in [0.05, 0.1) is 5.69 Å². The van der Waals surface area contributed by atoms with Crippen LogP contribution in [0.4, 0.5) is 17.1 Å². The van der Waals surface area contributed by atoms with E-state index in [-0.39, 0.29) is 5.69 Å². The number of hydrogen-bond acceptors (Lipinski definition) is 4. The number of imide groups is 1. The lowest BCUT2D eigenvalue weighted by atomic mass is 10.2. The molecule has 6 nitrogen and oxygen atoms in total. The summed E-state index contributed by atoms with van der Waals surface area (Å²) in [4.78, 5) is 37.3. The molecule has 0 heterocycles. The summed E-state index contributed by atoms with van der Waals surface area (Å²) in [6.45, 7) is 3.04. The van der Waals surface area contributed by atoms with Crippen LogP contribution in [0.15, 0.2) is 42.5 Å². The van der Waals surface area contributed by atoms with Gasteiger partial charge in [-0.1, -0.05) is 6.07 Å². The summed E-state index contributed by atoms with van der Waals surface area (Å²) in [5.41, 5.74) is 7.66. The molecule has 24 heavy (non-hydrogen) atoms. The van der Waals surface area contributed by atoms with Gasteiger partial charge in [-0.15, -0.1) is 0 Å². The first kappa shape index (κ1) is 17.9. The van der Waals surface area contributed by atoms with Crippen LogP contribution in [0, 0.1) is 10.5 Å². The Morgan fingerprint density at radius 1 is 1.12 bits per heavy atom. The number of anilines is 3. The number of halogens is 1. The Labute approximate surface area is 153 Å². The molecule has 0 saturated heterocycles. The van der Waals surface area contributed by atoms with Crippen molar-refractivity contribution in [3.8, 4) is 0 Å². The van der Waals surface area contributed by atoms with E-state index in [1.807, 2.05) is 19.1 Å². The van der Waals surface area contributed by atoms with Crippen molar-refractivity contribution in [2.75, 3.05) is 16.0 Å². The maximum atomic E-state index is 12.4. The predicted octanol–water partition coefficient (Wildman–Crippen LogP) is 2.70. The third-order valence-electron chi connectivity index (χ3n) is 3.28. The van der Waals surface area contributed by atoms with Crippen molar-refractivity contribution in [2.45, 2.75) is 13.8 Å². The Bertz CT molecular complexity index is 820. The molecule has 0 bridgehead atoms. The molecule has 0 radical (unpaired) electrons. The van der Waals surface area contributed by atoms with E-state index in [0.717, 1.165) is 14.0 Å². The van der Waals surface area contributed by atoms with Crippen LogP contribution in [0.3, 0.4) is 0 Å². The van der Waals surface area contributed by atoms with Gasteiger partial charge in [0, 0.05) is 21.9 Å². The maximum absolute atomic E-state index is 12.4. The molecule has 124 valence electrons. The second kappa shape index (κ2) is 7.43. The molecule has 0 aliphatic rings. The molecule has 0 atom stereocenters. The number of rotatable bonds is 2. The minimum absolute atomic E-state index is 0.252. The van der Waals surface area contributed by atoms with E-state index in [4.69, 9.17) is 5.73 Å². The summed E-state index contributed by atoms with van der Waals surface area (Å²) in [6, 6.07) is 11.6. The van der Waals surface area contributed by atoms with Crippen LogP contribution in [0.25, 0.3) is 0 Å². The third-order valence-corrected chi connectivity index (χ3v) is 3.95. The van der Waals surface area contributed by atoms with Gasteiger partial charge in [0.25, 0.3) is 0 Å². The molecule has 3 amide bonds. The zero-order valence-corrected chi connectivity index (χ0v) is 15.3. The molecular weight excluding hydrogens is 421 g/mol. The first-order valence-corrected chi connectivity index (χ1v) is 8.15. The van der Waals surface area contributed by atoms with Crippen LogP contribution in [-0.2, 0) is 14.4 Å². The van der Waals surface area contributed by atoms with Gasteiger partial charge in [0.1, 0.15) is 0 Å². The number of aryl methyl sites for hydroxylation is 1. The molecule has 0 fully saturated rings. The van der Waals surface area contributed by atoms with Crippen molar-refractivity contribution in [1.82, 2.24) is 0 Å². The molecule has 7 heteroatoms. The number of nitrogens with two attached hydrogens (primary N) is 1. The van der Waals surface area contributed by atoms with Gasteiger partial charge in [-0.2, -0.15) is 0 Å². The van der Waals surface area contributed by atoms with E-state index in [1.165, 1.54) is 13.0 Å². The average molecular weight is 437 g/mol. The van der Waals surface area contributed by atoms with E-state index >= 15 is 0 Å². The second-order valence-corrected chi connectivity index (χ2v) is 6.41. The summed E-state index contributed by atoms with van der Waals surface area (Å²) < 4.78 is 1.01. The predicted molar refractivity (Wildman–Crippen MR) is 102 cm³/mol. The average Bonchev–Trinajstić information content (AvgIpc) is 2.49. The van der Waals surface area contributed by atoms with E-state index in [1.54, 1.807) is 24.3 Å². The van der Waals surface area contributed by atoms with Gasteiger partial charge in [-0.25, -0.2) is 4.90 Å². The van der Waals surface area contributed by atoms with Crippen molar-refractivity contribution < 1.29 is 14.4 Å². The Hall–Kier alpha value is -2.42. The van der Waals surface area contributed by atoms with E-state index in [9.17, 15) is 14.4 Å². The Balaban J connectivity index is 2.26. The fourth-order valence-electron chi connectivity index (χ4n) is 2.15. The van der Waals surface area contributed by atoms with E-state index < -0.39 is 17.7 Å². The molecule has 0 aliphatic heterocycles. The van der Waals surface area contributed by atoms with Gasteiger partial charge in [0.2, 0.25) is 5.91 Å². The Morgan fingerprint density at radius 3 is 2.42 bits per heavy atom. The van der Waals surface area contributed by atoms with Crippen LogP contribution in [0.1, 0.15) is 12.5 Å². The SMILES string of the molecule is CC(=O)N(C(=O)C(=O)Nc1ccc(I)cc1C)c1cccc(N)c1. The van der Waals surface area contributed by atoms with E-state index in [0.29, 0.717) is 11.4 Å². The molecule has 0 saturated carbocycles. The van der Waals surface area contributed by atoms with Gasteiger partial charge in [-0.05, 0) is 71.5 Å². The molecule has 0 aromatic heterocycles. The quantitative estimate of drug-likeness (QED) is 0.430. The van der Waals surface area contributed by atoms with Crippen LogP contribution in [0.5, 0.6) is 0 Å². The third kappa shape index (κ3) is 4.10. The molecule has 3 N–H and O–H groups in total. The summed E-state index contributed by atoms with van der Waals surface area (Å²) in [7, 11) is 0. The van der Waals surface area contributed by atoms with Crippen LogP contribution >= 0.6 is 22.6 Å². The van der Waals surface area contributed by atoms with Crippen molar-refractivity contribution in [1.29, 1.82) is 0 Å². The minimum atomic E-state index is -0.967. The fraction of sp³-hybridized carbons (Fsp3) is 0.118. The number of carbonyl (C=O) groups excluding carboxylic acids is 3. The number of hydrogen-bond donors (Lipinski definition) is 2. The molecule has 2 aromatic rings. The Morgan fingerprint density at radius 2 is 1.83 bits per heavy atom. The summed E-state index contributed by atoms with van der Waals surface area (Å²) in [5.74, 6) is -2.43. The summed E-state index contributed by atoms with van der Waals surface area (Å²) in [5, 5.41) is 2.54. The highest BCUT2D eigenvalue weighted by atomic mass is 127. The molecule has 0 aliphatic carbocycles. The zero-order valence-electron chi connectivity index (χ0n) is 13.2. The number of nitrogens with zero attached hydrogens (tertiary/aromatic N) is 1. The number of nitrogens with one attached hydrogen (secondary N) is 1. The maximum Gasteiger partial charge on any atom is 0.323 e. The van der Waals surface area contributed by atoms with Gasteiger partial charge in [-0.3, -0.25) is 14.4 Å². The lowest BCUT2D eigenvalue weighted by Crippen LogP contribution is -2.42. The second-order valence-electron chi connectivity index (χ2n) is 5.17. The smallest absolute Gasteiger partial charge is 0.323 e.